The number of imide groups is 1. The second-order valence-corrected chi connectivity index (χ2v) is 19.7. The van der Waals surface area contributed by atoms with Crippen LogP contribution in [0.3, 0.4) is 0 Å². The van der Waals surface area contributed by atoms with Crippen LogP contribution in [0.1, 0.15) is 74.5 Å². The number of rotatable bonds is 46. The molecule has 7 amide bonds. The van der Waals surface area contributed by atoms with Crippen molar-refractivity contribution < 1.29 is 85.7 Å². The number of anilines is 1. The van der Waals surface area contributed by atoms with E-state index in [1.54, 1.807) is 9.80 Å². The maximum absolute atomic E-state index is 13.5. The van der Waals surface area contributed by atoms with Gasteiger partial charge in [-0.3, -0.25) is 33.7 Å². The lowest BCUT2D eigenvalue weighted by atomic mass is 10.0. The number of hydrogen-bond acceptors (Lipinski definition) is 18. The number of ether oxygens (including phenoxy) is 11. The van der Waals surface area contributed by atoms with Crippen molar-refractivity contribution in [2.24, 2.45) is 0 Å². The summed E-state index contributed by atoms with van der Waals surface area (Å²) in [6.45, 7) is 8.20. The first kappa shape index (κ1) is 70.1. The van der Waals surface area contributed by atoms with Gasteiger partial charge in [0, 0.05) is 81.8 Å². The van der Waals surface area contributed by atoms with Gasteiger partial charge in [-0.2, -0.15) is 0 Å². The van der Waals surface area contributed by atoms with Crippen LogP contribution in [0.4, 0.5) is 10.5 Å². The molecule has 0 saturated carbocycles. The number of carbonyl (C=O) groups excluding carboxylic acids is 7. The standard InChI is InChI=1S/C62H88N6O18/c69-56(18-19-61(74)68-50-53-12-7-6-10-51(53)16-17-52-11-8-9-15-55(52)68)63-24-31-77-37-43-83-46-40-80-34-28-66(29-35-81-41-47-84-45-39-79-33-26-65-62(75)86-54-13-4-2-1-3-5-14-54)58(71)23-30-76-36-42-82-48-49-85-44-38-78-32-25-64-57(70)22-27-67-59(72)20-21-60(67)73/h1-2,6-12,15,20-21,54H,3-5,13-14,18-19,22-50H2,(H,63,69)(H,64,70)(H,65,75)/b2-1+/t54-/m0/s1. The molecule has 0 unspecified atom stereocenters. The number of hydrogen-bond donors (Lipinski definition) is 3. The molecule has 0 radical (unpaired) electrons. The van der Waals surface area contributed by atoms with Crippen molar-refractivity contribution in [3.05, 3.63) is 89.5 Å². The van der Waals surface area contributed by atoms with E-state index in [0.717, 1.165) is 59.4 Å². The number of alkyl carbamates (subject to hydrolysis) is 1. The summed E-state index contributed by atoms with van der Waals surface area (Å²) in [5.74, 6) is 4.75. The molecule has 0 saturated heterocycles. The Hall–Kier alpha value is -6.63. The van der Waals surface area contributed by atoms with Crippen LogP contribution in [0.2, 0.25) is 0 Å². The molecule has 0 fully saturated rings. The van der Waals surface area contributed by atoms with Gasteiger partial charge in [-0.05, 0) is 55.9 Å². The summed E-state index contributed by atoms with van der Waals surface area (Å²) < 4.78 is 61.8. The highest BCUT2D eigenvalue weighted by atomic mass is 16.6. The number of nitrogens with one attached hydrogen (secondary N) is 3. The molecule has 5 rings (SSSR count). The van der Waals surface area contributed by atoms with Crippen molar-refractivity contribution in [1.82, 2.24) is 25.8 Å². The smallest absolute Gasteiger partial charge is 0.407 e. The zero-order chi connectivity index (χ0) is 60.9. The van der Waals surface area contributed by atoms with Gasteiger partial charge in [0.25, 0.3) is 11.8 Å². The molecule has 24 heteroatoms. The van der Waals surface area contributed by atoms with Crippen molar-refractivity contribution >= 4 is 47.2 Å². The Bertz CT molecular complexity index is 2450. The highest BCUT2D eigenvalue weighted by Gasteiger charge is 2.24. The third kappa shape index (κ3) is 30.6. The maximum Gasteiger partial charge on any atom is 0.407 e. The summed E-state index contributed by atoms with van der Waals surface area (Å²) >= 11 is 0. The van der Waals surface area contributed by atoms with Gasteiger partial charge >= 0.3 is 6.09 Å². The molecule has 86 heavy (non-hydrogen) atoms. The molecule has 3 N–H and O–H groups in total. The van der Waals surface area contributed by atoms with Gasteiger partial charge in [-0.15, -0.1) is 0 Å². The van der Waals surface area contributed by atoms with Crippen LogP contribution in [-0.4, -0.2) is 229 Å². The van der Waals surface area contributed by atoms with Crippen LogP contribution >= 0.6 is 0 Å². The van der Waals surface area contributed by atoms with Crippen LogP contribution in [0, 0.1) is 11.8 Å². The highest BCUT2D eigenvalue weighted by Crippen LogP contribution is 2.26. The molecule has 1 atom stereocenters. The molecule has 1 aliphatic carbocycles. The van der Waals surface area contributed by atoms with Crippen molar-refractivity contribution in [2.45, 2.75) is 70.4 Å². The number of allylic oxidation sites excluding steroid dienone is 2. The predicted octanol–water partition coefficient (Wildman–Crippen LogP) is 3.26. The summed E-state index contributed by atoms with van der Waals surface area (Å²) in [6, 6.07) is 15.3. The molecule has 3 aliphatic rings. The fraction of sp³-hybridized carbons (Fsp3) is 0.597. The SMILES string of the molecule is O=C(CCC(=O)N1Cc2ccccc2C#Cc2ccccc21)NCCOCCOCCOCCN(CCOCCOCCOCCNC(=O)O[C@H]1CC/C=C/CCC1)C(=O)CCOCCOCCOCCOCCNC(=O)CCN1C(=O)C=CC1=O. The first-order valence-electron chi connectivity index (χ1n) is 29.9. The molecular weight excluding hydrogens is 1120 g/mol. The normalized spacial score (nSPS) is 14.9. The second-order valence-electron chi connectivity index (χ2n) is 19.7. The van der Waals surface area contributed by atoms with Crippen LogP contribution in [0.25, 0.3) is 0 Å². The molecule has 2 aliphatic heterocycles. The third-order valence-corrected chi connectivity index (χ3v) is 13.3. The lowest BCUT2D eigenvalue weighted by molar-refractivity contribution is -0.137. The van der Waals surface area contributed by atoms with Crippen LogP contribution < -0.4 is 20.9 Å². The Balaban J connectivity index is 0.860. The van der Waals surface area contributed by atoms with E-state index >= 15 is 0 Å². The number of carbonyl (C=O) groups is 7. The Kier molecular flexibility index (Phi) is 36.5. The van der Waals surface area contributed by atoms with E-state index in [0.29, 0.717) is 125 Å². The number of benzene rings is 2. The van der Waals surface area contributed by atoms with E-state index < -0.39 is 17.9 Å². The van der Waals surface area contributed by atoms with Crippen LogP contribution in [0.15, 0.2) is 72.8 Å². The number of fused-ring (bicyclic) bond motifs is 2. The minimum Gasteiger partial charge on any atom is -0.446 e. The van der Waals surface area contributed by atoms with E-state index in [9.17, 15) is 33.6 Å². The van der Waals surface area contributed by atoms with Crippen molar-refractivity contribution in [1.29, 1.82) is 0 Å². The van der Waals surface area contributed by atoms with E-state index in [-0.39, 0.29) is 108 Å². The quantitative estimate of drug-likeness (QED) is 0.0372. The van der Waals surface area contributed by atoms with Gasteiger partial charge in [0.05, 0.1) is 151 Å². The van der Waals surface area contributed by atoms with Crippen molar-refractivity contribution in [3.63, 3.8) is 0 Å². The molecule has 2 heterocycles. The zero-order valence-electron chi connectivity index (χ0n) is 49.7. The highest BCUT2D eigenvalue weighted by molar-refractivity contribution is 6.13. The molecule has 2 aromatic carbocycles. The first-order valence-corrected chi connectivity index (χ1v) is 29.9. The summed E-state index contributed by atoms with van der Waals surface area (Å²) in [5.41, 5.74) is 3.30. The topological polar surface area (TPSA) is 267 Å². The largest absolute Gasteiger partial charge is 0.446 e. The molecule has 24 nitrogen and oxygen atoms in total. The number of nitrogens with zero attached hydrogens (tertiary/aromatic N) is 3. The third-order valence-electron chi connectivity index (χ3n) is 13.3. The summed E-state index contributed by atoms with van der Waals surface area (Å²) in [7, 11) is 0. The van der Waals surface area contributed by atoms with Crippen molar-refractivity contribution in [3.8, 4) is 11.8 Å². The maximum atomic E-state index is 13.5. The molecule has 0 aromatic heterocycles. The molecule has 0 spiro atoms. The monoisotopic (exact) mass is 1200 g/mol. The fourth-order valence-corrected chi connectivity index (χ4v) is 8.67. The minimum atomic E-state index is -0.425. The van der Waals surface area contributed by atoms with Gasteiger partial charge in [-0.25, -0.2) is 4.79 Å². The lowest BCUT2D eigenvalue weighted by Gasteiger charge is -2.26. The van der Waals surface area contributed by atoms with Gasteiger partial charge in [0.15, 0.2) is 0 Å². The molecule has 474 valence electrons. The van der Waals surface area contributed by atoms with Crippen LogP contribution in [-0.2, 0) is 87.4 Å². The van der Waals surface area contributed by atoms with E-state index in [4.69, 9.17) is 52.1 Å². The first-order chi connectivity index (χ1) is 42.2. The van der Waals surface area contributed by atoms with Gasteiger partial charge in [-0.1, -0.05) is 54.3 Å². The average molecular weight is 1210 g/mol. The lowest BCUT2D eigenvalue weighted by Crippen LogP contribution is -2.37. The number of para-hydroxylation sites is 1. The second kappa shape index (κ2) is 44.8. The van der Waals surface area contributed by atoms with E-state index in [1.165, 1.54) is 12.2 Å². The molecular formula is C62H88N6O18. The fourth-order valence-electron chi connectivity index (χ4n) is 8.67. The Morgan fingerprint density at radius 2 is 0.977 bits per heavy atom. The van der Waals surface area contributed by atoms with Gasteiger partial charge < -0.3 is 77.9 Å². The van der Waals surface area contributed by atoms with E-state index in [2.05, 4.69) is 39.9 Å². The van der Waals surface area contributed by atoms with Crippen molar-refractivity contribution in [2.75, 3.05) is 176 Å². The Morgan fingerprint density at radius 3 is 1.57 bits per heavy atom. The minimum absolute atomic E-state index is 0.0158. The predicted molar refractivity (Wildman–Crippen MR) is 316 cm³/mol. The zero-order valence-corrected chi connectivity index (χ0v) is 49.7. The van der Waals surface area contributed by atoms with Gasteiger partial charge in [0.2, 0.25) is 23.6 Å². The Labute approximate surface area is 505 Å². The summed E-state index contributed by atoms with van der Waals surface area (Å²) in [4.78, 5) is 91.1. The van der Waals surface area contributed by atoms with Gasteiger partial charge in [0.1, 0.15) is 6.10 Å². The summed E-state index contributed by atoms with van der Waals surface area (Å²) in [5, 5.41) is 8.23. The van der Waals surface area contributed by atoms with E-state index in [1.807, 2.05) is 48.5 Å². The molecule has 0 bridgehead atoms. The number of amides is 7. The Morgan fingerprint density at radius 1 is 0.500 bits per heavy atom. The average Bonchev–Trinajstić information content (AvgIpc) is 1.78. The summed E-state index contributed by atoms with van der Waals surface area (Å²) in [6.07, 6.45) is 11.1. The van der Waals surface area contributed by atoms with Crippen LogP contribution in [0.5, 0.6) is 0 Å². The molecule has 2 aromatic rings.